The third kappa shape index (κ3) is 5.03. The zero-order chi connectivity index (χ0) is 15.1. The molecule has 0 atom stereocenters. The standard InChI is InChI=1S/C17H18ClNOS/c1-2-10-19(13-16-7-4-11-21-16)17(20)9-8-14-5-3-6-15(18)12-14/h2-7,11-12H,1,8-10,13H2. The molecule has 1 amide bonds. The first-order valence-electron chi connectivity index (χ1n) is 6.84. The van der Waals surface area contributed by atoms with Crippen molar-refractivity contribution in [2.45, 2.75) is 19.4 Å². The lowest BCUT2D eigenvalue weighted by Gasteiger charge is -2.20. The molecule has 1 heterocycles. The van der Waals surface area contributed by atoms with E-state index in [0.717, 1.165) is 5.56 Å². The predicted octanol–water partition coefficient (Wildman–Crippen LogP) is 4.55. The lowest BCUT2D eigenvalue weighted by Crippen LogP contribution is -2.30. The highest BCUT2D eigenvalue weighted by atomic mass is 35.5. The first-order valence-corrected chi connectivity index (χ1v) is 8.10. The zero-order valence-electron chi connectivity index (χ0n) is 11.8. The summed E-state index contributed by atoms with van der Waals surface area (Å²) in [5.74, 6) is 0.142. The van der Waals surface area contributed by atoms with Crippen LogP contribution in [0.15, 0.2) is 54.4 Å². The van der Waals surface area contributed by atoms with Crippen LogP contribution in [0, 0.1) is 0 Å². The Bertz CT molecular complexity index is 595. The van der Waals surface area contributed by atoms with Gasteiger partial charge in [-0.1, -0.05) is 35.9 Å². The van der Waals surface area contributed by atoms with Crippen LogP contribution in [0.2, 0.25) is 5.02 Å². The van der Waals surface area contributed by atoms with E-state index in [1.165, 1.54) is 4.88 Å². The molecule has 0 aliphatic carbocycles. The highest BCUT2D eigenvalue weighted by molar-refractivity contribution is 7.09. The fourth-order valence-corrected chi connectivity index (χ4v) is 3.04. The second kappa shape index (κ2) is 8.01. The summed E-state index contributed by atoms with van der Waals surface area (Å²) < 4.78 is 0. The van der Waals surface area contributed by atoms with Crippen LogP contribution in [0.3, 0.4) is 0 Å². The SMILES string of the molecule is C=CCN(Cc1cccs1)C(=O)CCc1cccc(Cl)c1. The molecule has 110 valence electrons. The molecule has 1 aromatic carbocycles. The molecule has 0 bridgehead atoms. The Balaban J connectivity index is 1.93. The molecule has 4 heteroatoms. The van der Waals surface area contributed by atoms with Crippen LogP contribution in [-0.4, -0.2) is 17.4 Å². The number of benzene rings is 1. The highest BCUT2D eigenvalue weighted by Gasteiger charge is 2.13. The molecule has 0 spiro atoms. The van der Waals surface area contributed by atoms with Gasteiger partial charge in [0.25, 0.3) is 0 Å². The van der Waals surface area contributed by atoms with Crippen LogP contribution in [0.4, 0.5) is 0 Å². The second-order valence-electron chi connectivity index (χ2n) is 4.77. The monoisotopic (exact) mass is 319 g/mol. The number of carbonyl (C=O) groups is 1. The molecule has 0 N–H and O–H groups in total. The van der Waals surface area contributed by atoms with Gasteiger partial charge in [0, 0.05) is 22.9 Å². The van der Waals surface area contributed by atoms with Crippen LogP contribution < -0.4 is 0 Å². The maximum Gasteiger partial charge on any atom is 0.223 e. The highest BCUT2D eigenvalue weighted by Crippen LogP contribution is 2.15. The molecule has 0 fully saturated rings. The quantitative estimate of drug-likeness (QED) is 0.686. The third-order valence-corrected chi connectivity index (χ3v) is 4.24. The molecule has 0 aliphatic heterocycles. The number of hydrogen-bond donors (Lipinski definition) is 0. The van der Waals surface area contributed by atoms with Crippen LogP contribution >= 0.6 is 22.9 Å². The van der Waals surface area contributed by atoms with Gasteiger partial charge in [-0.25, -0.2) is 0 Å². The molecule has 21 heavy (non-hydrogen) atoms. The van der Waals surface area contributed by atoms with E-state index in [0.29, 0.717) is 31.0 Å². The summed E-state index contributed by atoms with van der Waals surface area (Å²) in [7, 11) is 0. The summed E-state index contributed by atoms with van der Waals surface area (Å²) in [4.78, 5) is 15.4. The number of nitrogens with zero attached hydrogens (tertiary/aromatic N) is 1. The zero-order valence-corrected chi connectivity index (χ0v) is 13.4. The minimum absolute atomic E-state index is 0.142. The Morgan fingerprint density at radius 1 is 1.33 bits per heavy atom. The van der Waals surface area contributed by atoms with E-state index < -0.39 is 0 Å². The van der Waals surface area contributed by atoms with Gasteiger partial charge in [-0.15, -0.1) is 17.9 Å². The molecule has 0 aliphatic rings. The number of amides is 1. The Morgan fingerprint density at radius 2 is 2.19 bits per heavy atom. The van der Waals surface area contributed by atoms with Crippen molar-refractivity contribution in [3.05, 3.63) is 69.9 Å². The Kier molecular flexibility index (Phi) is 6.03. The molecule has 0 saturated carbocycles. The van der Waals surface area contributed by atoms with Crippen molar-refractivity contribution in [2.75, 3.05) is 6.54 Å². The van der Waals surface area contributed by atoms with Gasteiger partial charge in [0.05, 0.1) is 6.54 Å². The number of aryl methyl sites for hydroxylation is 1. The van der Waals surface area contributed by atoms with Crippen molar-refractivity contribution in [3.63, 3.8) is 0 Å². The van der Waals surface area contributed by atoms with Gasteiger partial charge in [-0.2, -0.15) is 0 Å². The number of carbonyl (C=O) groups excluding carboxylic acids is 1. The van der Waals surface area contributed by atoms with Gasteiger partial charge in [0.15, 0.2) is 0 Å². The number of hydrogen-bond acceptors (Lipinski definition) is 2. The molecular formula is C17H18ClNOS. The molecule has 2 aromatic rings. The fourth-order valence-electron chi connectivity index (χ4n) is 2.10. The molecule has 0 radical (unpaired) electrons. The van der Waals surface area contributed by atoms with Crippen LogP contribution in [0.1, 0.15) is 16.9 Å². The third-order valence-electron chi connectivity index (χ3n) is 3.15. The van der Waals surface area contributed by atoms with Crippen LogP contribution in [-0.2, 0) is 17.8 Å². The summed E-state index contributed by atoms with van der Waals surface area (Å²) in [6.45, 7) is 4.96. The fraction of sp³-hybridized carbons (Fsp3) is 0.235. The minimum Gasteiger partial charge on any atom is -0.334 e. The van der Waals surface area contributed by atoms with Crippen molar-refractivity contribution in [3.8, 4) is 0 Å². The van der Waals surface area contributed by atoms with Gasteiger partial charge in [-0.05, 0) is 35.6 Å². The van der Waals surface area contributed by atoms with Crippen LogP contribution in [0.25, 0.3) is 0 Å². The Morgan fingerprint density at radius 3 is 2.86 bits per heavy atom. The topological polar surface area (TPSA) is 20.3 Å². The van der Waals surface area contributed by atoms with Crippen molar-refractivity contribution < 1.29 is 4.79 Å². The number of halogens is 1. The maximum atomic E-state index is 12.4. The van der Waals surface area contributed by atoms with Crippen molar-refractivity contribution in [2.24, 2.45) is 0 Å². The molecule has 0 saturated heterocycles. The van der Waals surface area contributed by atoms with Crippen molar-refractivity contribution in [1.29, 1.82) is 0 Å². The molecule has 2 rings (SSSR count). The molecule has 1 aromatic heterocycles. The summed E-state index contributed by atoms with van der Waals surface area (Å²) in [5, 5.41) is 2.74. The van der Waals surface area contributed by atoms with E-state index in [1.807, 2.05) is 46.7 Å². The maximum absolute atomic E-state index is 12.4. The predicted molar refractivity (Wildman–Crippen MR) is 89.7 cm³/mol. The number of thiophene rings is 1. The largest absolute Gasteiger partial charge is 0.334 e. The smallest absolute Gasteiger partial charge is 0.223 e. The van der Waals surface area contributed by atoms with Crippen LogP contribution in [0.5, 0.6) is 0 Å². The van der Waals surface area contributed by atoms with Gasteiger partial charge in [0.2, 0.25) is 5.91 Å². The van der Waals surface area contributed by atoms with Gasteiger partial charge in [0.1, 0.15) is 0 Å². The Labute approximate surface area is 134 Å². The molecule has 2 nitrogen and oxygen atoms in total. The van der Waals surface area contributed by atoms with E-state index >= 15 is 0 Å². The molecular weight excluding hydrogens is 302 g/mol. The summed E-state index contributed by atoms with van der Waals surface area (Å²) in [5.41, 5.74) is 1.09. The Hall–Kier alpha value is -1.58. The van der Waals surface area contributed by atoms with Gasteiger partial charge in [-0.3, -0.25) is 4.79 Å². The average molecular weight is 320 g/mol. The van der Waals surface area contributed by atoms with Gasteiger partial charge < -0.3 is 4.90 Å². The lowest BCUT2D eigenvalue weighted by molar-refractivity contribution is -0.131. The summed E-state index contributed by atoms with van der Waals surface area (Å²) >= 11 is 7.63. The second-order valence-corrected chi connectivity index (χ2v) is 6.24. The summed E-state index contributed by atoms with van der Waals surface area (Å²) in [6, 6.07) is 11.7. The van der Waals surface area contributed by atoms with Crippen molar-refractivity contribution in [1.82, 2.24) is 4.90 Å². The normalized spacial score (nSPS) is 10.3. The first-order chi connectivity index (χ1) is 10.2. The lowest BCUT2D eigenvalue weighted by atomic mass is 10.1. The molecule has 0 unspecified atom stereocenters. The summed E-state index contributed by atoms with van der Waals surface area (Å²) in [6.07, 6.45) is 2.96. The van der Waals surface area contributed by atoms with Gasteiger partial charge >= 0.3 is 0 Å². The van der Waals surface area contributed by atoms with E-state index in [-0.39, 0.29) is 5.91 Å². The average Bonchev–Trinajstić information content (AvgIpc) is 2.97. The van der Waals surface area contributed by atoms with Crippen molar-refractivity contribution >= 4 is 28.8 Å². The number of rotatable bonds is 7. The van der Waals surface area contributed by atoms with E-state index in [2.05, 4.69) is 6.58 Å². The van der Waals surface area contributed by atoms with E-state index in [4.69, 9.17) is 11.6 Å². The van der Waals surface area contributed by atoms with E-state index in [9.17, 15) is 4.79 Å². The first kappa shape index (κ1) is 15.8. The van der Waals surface area contributed by atoms with E-state index in [1.54, 1.807) is 17.4 Å². The minimum atomic E-state index is 0.142.